The standard InChI is InChI=1S/C18H22N2/c1-14(2)18(20-15(3)19,16-10-6-4-7-11-16)17-12-8-5-9-13-17/h4-8,10-12H,1,9,13H2,2-3H3,(H2,19,20). The van der Waals surface area contributed by atoms with Crippen LogP contribution in [0.5, 0.6) is 0 Å². The quantitative estimate of drug-likeness (QED) is 0.497. The van der Waals surface area contributed by atoms with Crippen LogP contribution in [0, 0.1) is 0 Å². The van der Waals surface area contributed by atoms with Crippen LogP contribution in [0.2, 0.25) is 0 Å². The topological polar surface area (TPSA) is 38.4 Å². The predicted molar refractivity (Wildman–Crippen MR) is 86.7 cm³/mol. The maximum Gasteiger partial charge on any atom is 0.129 e. The normalized spacial score (nSPS) is 18.3. The van der Waals surface area contributed by atoms with Crippen molar-refractivity contribution in [3.8, 4) is 0 Å². The number of allylic oxidation sites excluding steroid dienone is 3. The summed E-state index contributed by atoms with van der Waals surface area (Å²) in [6.45, 7) is 8.06. The summed E-state index contributed by atoms with van der Waals surface area (Å²) in [6.07, 6.45) is 8.44. The van der Waals surface area contributed by atoms with Gasteiger partial charge in [-0.1, -0.05) is 55.1 Å². The lowest BCUT2D eigenvalue weighted by Crippen LogP contribution is -2.31. The average molecular weight is 266 g/mol. The van der Waals surface area contributed by atoms with Gasteiger partial charge in [0.2, 0.25) is 0 Å². The summed E-state index contributed by atoms with van der Waals surface area (Å²) in [4.78, 5) is 4.79. The summed E-state index contributed by atoms with van der Waals surface area (Å²) in [5.74, 6) is 0.576. The van der Waals surface area contributed by atoms with E-state index in [-0.39, 0.29) is 0 Å². The SMILES string of the molecule is C=C(C)C(N=C(C)N)(C1=CC=CCC1)c1ccccc1. The smallest absolute Gasteiger partial charge is 0.129 e. The summed E-state index contributed by atoms with van der Waals surface area (Å²) in [5.41, 5.74) is 8.76. The lowest BCUT2D eigenvalue weighted by atomic mass is 9.75. The molecule has 2 rings (SSSR count). The molecule has 0 aliphatic heterocycles. The Labute approximate surface area is 121 Å². The van der Waals surface area contributed by atoms with Crippen LogP contribution in [0.15, 0.2) is 71.3 Å². The van der Waals surface area contributed by atoms with Crippen LogP contribution in [0.3, 0.4) is 0 Å². The zero-order valence-corrected chi connectivity index (χ0v) is 12.3. The highest BCUT2D eigenvalue weighted by atomic mass is 14.9. The van der Waals surface area contributed by atoms with Crippen molar-refractivity contribution in [2.75, 3.05) is 0 Å². The molecule has 1 aliphatic rings. The second-order valence-corrected chi connectivity index (χ2v) is 5.27. The van der Waals surface area contributed by atoms with E-state index in [1.54, 1.807) is 0 Å². The molecular weight excluding hydrogens is 244 g/mol. The molecule has 0 aromatic heterocycles. The van der Waals surface area contributed by atoms with E-state index in [0.717, 1.165) is 24.0 Å². The number of hydrogen-bond acceptors (Lipinski definition) is 1. The van der Waals surface area contributed by atoms with Crippen molar-refractivity contribution in [2.24, 2.45) is 10.7 Å². The van der Waals surface area contributed by atoms with Gasteiger partial charge in [-0.15, -0.1) is 0 Å². The maximum absolute atomic E-state index is 5.92. The monoisotopic (exact) mass is 266 g/mol. The van der Waals surface area contributed by atoms with Gasteiger partial charge in [-0.3, -0.25) is 4.99 Å². The maximum atomic E-state index is 5.92. The van der Waals surface area contributed by atoms with Crippen molar-refractivity contribution in [1.29, 1.82) is 0 Å². The zero-order valence-electron chi connectivity index (χ0n) is 12.3. The molecule has 2 N–H and O–H groups in total. The van der Waals surface area contributed by atoms with E-state index in [1.807, 2.05) is 32.0 Å². The lowest BCUT2D eigenvalue weighted by Gasteiger charge is -2.35. The van der Waals surface area contributed by atoms with Crippen molar-refractivity contribution >= 4 is 5.84 Å². The Hall–Kier alpha value is -2.09. The van der Waals surface area contributed by atoms with Crippen LogP contribution >= 0.6 is 0 Å². The van der Waals surface area contributed by atoms with Gasteiger partial charge < -0.3 is 5.73 Å². The Morgan fingerprint density at radius 3 is 2.45 bits per heavy atom. The molecule has 0 bridgehead atoms. The van der Waals surface area contributed by atoms with Gasteiger partial charge >= 0.3 is 0 Å². The highest BCUT2D eigenvalue weighted by molar-refractivity contribution is 5.79. The summed E-state index contributed by atoms with van der Waals surface area (Å²) >= 11 is 0. The fourth-order valence-corrected chi connectivity index (χ4v) is 2.79. The van der Waals surface area contributed by atoms with Gasteiger partial charge in [0, 0.05) is 0 Å². The first kappa shape index (κ1) is 14.3. The molecule has 1 aromatic rings. The van der Waals surface area contributed by atoms with Crippen molar-refractivity contribution in [2.45, 2.75) is 32.2 Å². The fraction of sp³-hybridized carbons (Fsp3) is 0.278. The number of hydrogen-bond donors (Lipinski definition) is 1. The Kier molecular flexibility index (Phi) is 4.23. The molecule has 0 amide bonds. The Morgan fingerprint density at radius 1 is 1.25 bits per heavy atom. The van der Waals surface area contributed by atoms with Crippen LogP contribution in [-0.2, 0) is 5.54 Å². The third-order valence-electron chi connectivity index (χ3n) is 3.63. The van der Waals surface area contributed by atoms with Crippen molar-refractivity contribution in [1.82, 2.24) is 0 Å². The molecule has 0 saturated heterocycles. The molecule has 0 spiro atoms. The summed E-state index contributed by atoms with van der Waals surface area (Å²) < 4.78 is 0. The summed E-state index contributed by atoms with van der Waals surface area (Å²) in [7, 11) is 0. The molecule has 0 radical (unpaired) electrons. The average Bonchev–Trinajstić information content (AvgIpc) is 2.46. The van der Waals surface area contributed by atoms with E-state index in [1.165, 1.54) is 5.57 Å². The molecule has 2 heteroatoms. The predicted octanol–water partition coefficient (Wildman–Crippen LogP) is 4.11. The van der Waals surface area contributed by atoms with Gasteiger partial charge in [-0.05, 0) is 43.4 Å². The largest absolute Gasteiger partial charge is 0.388 e. The minimum atomic E-state index is -0.537. The highest BCUT2D eigenvalue weighted by Crippen LogP contribution is 2.43. The van der Waals surface area contributed by atoms with E-state index in [2.05, 4.69) is 36.9 Å². The van der Waals surface area contributed by atoms with Gasteiger partial charge in [-0.2, -0.15) is 0 Å². The second kappa shape index (κ2) is 5.91. The molecule has 2 nitrogen and oxygen atoms in total. The summed E-state index contributed by atoms with van der Waals surface area (Å²) in [5, 5.41) is 0. The first-order valence-electron chi connectivity index (χ1n) is 6.97. The van der Waals surface area contributed by atoms with E-state index >= 15 is 0 Å². The van der Waals surface area contributed by atoms with E-state index in [0.29, 0.717) is 5.84 Å². The first-order chi connectivity index (χ1) is 9.57. The molecule has 0 fully saturated rings. The number of nitrogens with two attached hydrogens (primary N) is 1. The van der Waals surface area contributed by atoms with Crippen molar-refractivity contribution < 1.29 is 0 Å². The van der Waals surface area contributed by atoms with Crippen LogP contribution in [-0.4, -0.2) is 5.84 Å². The van der Waals surface area contributed by atoms with E-state index < -0.39 is 5.54 Å². The third-order valence-corrected chi connectivity index (χ3v) is 3.63. The summed E-state index contributed by atoms with van der Waals surface area (Å²) in [6, 6.07) is 10.3. The van der Waals surface area contributed by atoms with Gasteiger partial charge in [0.15, 0.2) is 0 Å². The Balaban J connectivity index is 2.69. The molecule has 1 aromatic carbocycles. The molecule has 1 aliphatic carbocycles. The van der Waals surface area contributed by atoms with Crippen molar-refractivity contribution in [3.05, 3.63) is 71.8 Å². The Bertz CT molecular complexity index is 575. The highest BCUT2D eigenvalue weighted by Gasteiger charge is 2.36. The molecule has 1 atom stereocenters. The molecule has 1 unspecified atom stereocenters. The van der Waals surface area contributed by atoms with Gasteiger partial charge in [0.1, 0.15) is 5.54 Å². The molecule has 0 heterocycles. The fourth-order valence-electron chi connectivity index (χ4n) is 2.79. The Morgan fingerprint density at radius 2 is 1.95 bits per heavy atom. The van der Waals surface area contributed by atoms with Crippen LogP contribution < -0.4 is 5.73 Å². The molecule has 0 saturated carbocycles. The van der Waals surface area contributed by atoms with Gasteiger partial charge in [-0.25, -0.2) is 0 Å². The first-order valence-corrected chi connectivity index (χ1v) is 6.97. The lowest BCUT2D eigenvalue weighted by molar-refractivity contribution is 0.592. The van der Waals surface area contributed by atoms with Crippen LogP contribution in [0.1, 0.15) is 32.3 Å². The molecule has 20 heavy (non-hydrogen) atoms. The molecular formula is C18H22N2. The third kappa shape index (κ3) is 2.60. The van der Waals surface area contributed by atoms with E-state index in [9.17, 15) is 0 Å². The zero-order chi connectivity index (χ0) is 14.6. The van der Waals surface area contributed by atoms with Gasteiger partial charge in [0.05, 0.1) is 5.84 Å². The van der Waals surface area contributed by atoms with Crippen LogP contribution in [0.4, 0.5) is 0 Å². The van der Waals surface area contributed by atoms with E-state index in [4.69, 9.17) is 10.7 Å². The minimum Gasteiger partial charge on any atom is -0.388 e. The van der Waals surface area contributed by atoms with Crippen LogP contribution in [0.25, 0.3) is 0 Å². The van der Waals surface area contributed by atoms with Crippen molar-refractivity contribution in [3.63, 3.8) is 0 Å². The molecule has 104 valence electrons. The number of benzene rings is 1. The number of nitrogens with zero attached hydrogens (tertiary/aromatic N) is 1. The second-order valence-electron chi connectivity index (χ2n) is 5.27. The number of amidine groups is 1. The number of aliphatic imine (C=N–C) groups is 1. The number of rotatable bonds is 4. The van der Waals surface area contributed by atoms with Gasteiger partial charge in [0.25, 0.3) is 0 Å². The minimum absolute atomic E-state index is 0.537.